The molecule has 4 heteroatoms. The SMILES string of the molecule is CCCCCCCCCCCC/C=C/[C@H](O)[C@H](CO)NC(=O)CCCCCCCCCCCCCCCCC. The zero-order valence-corrected chi connectivity index (χ0v) is 26.4. The van der Waals surface area contributed by atoms with Gasteiger partial charge in [0.25, 0.3) is 0 Å². The summed E-state index contributed by atoms with van der Waals surface area (Å²) in [4.78, 5) is 12.3. The highest BCUT2D eigenvalue weighted by atomic mass is 16.3. The lowest BCUT2D eigenvalue weighted by atomic mass is 10.0. The summed E-state index contributed by atoms with van der Waals surface area (Å²) in [5.74, 6) is -0.0640. The average Bonchev–Trinajstić information content (AvgIpc) is 2.94. The summed E-state index contributed by atoms with van der Waals surface area (Å²) in [6.45, 7) is 4.29. The van der Waals surface area contributed by atoms with Crippen LogP contribution in [0, 0.1) is 0 Å². The minimum Gasteiger partial charge on any atom is -0.394 e. The van der Waals surface area contributed by atoms with Crippen LogP contribution in [-0.2, 0) is 4.79 Å². The molecular formula is C35H69NO3. The van der Waals surface area contributed by atoms with E-state index in [9.17, 15) is 15.0 Å². The quantitative estimate of drug-likeness (QED) is 0.0593. The molecule has 3 N–H and O–H groups in total. The van der Waals surface area contributed by atoms with Gasteiger partial charge in [-0.2, -0.15) is 0 Å². The second-order valence-electron chi connectivity index (χ2n) is 11.9. The Balaban J connectivity index is 3.61. The molecule has 0 aromatic heterocycles. The van der Waals surface area contributed by atoms with Gasteiger partial charge in [0.1, 0.15) is 0 Å². The van der Waals surface area contributed by atoms with Crippen molar-refractivity contribution in [2.75, 3.05) is 6.61 Å². The molecule has 0 fully saturated rings. The van der Waals surface area contributed by atoms with Crippen LogP contribution in [0.5, 0.6) is 0 Å². The molecule has 0 aliphatic rings. The Morgan fingerprint density at radius 3 is 1.33 bits per heavy atom. The molecule has 0 rings (SSSR count). The number of hydrogen-bond acceptors (Lipinski definition) is 3. The second kappa shape index (κ2) is 31.7. The van der Waals surface area contributed by atoms with Crippen LogP contribution in [0.15, 0.2) is 12.2 Å². The maximum absolute atomic E-state index is 12.3. The number of amides is 1. The number of aliphatic hydroxyl groups is 2. The minimum absolute atomic E-state index is 0.0640. The number of hydrogen-bond donors (Lipinski definition) is 3. The van der Waals surface area contributed by atoms with E-state index in [2.05, 4.69) is 19.2 Å². The van der Waals surface area contributed by atoms with Gasteiger partial charge in [-0.15, -0.1) is 0 Å². The highest BCUT2D eigenvalue weighted by Crippen LogP contribution is 2.14. The molecule has 0 saturated heterocycles. The monoisotopic (exact) mass is 552 g/mol. The van der Waals surface area contributed by atoms with Gasteiger partial charge < -0.3 is 15.5 Å². The van der Waals surface area contributed by atoms with Crippen molar-refractivity contribution in [2.24, 2.45) is 0 Å². The Hall–Kier alpha value is -0.870. The molecule has 0 aliphatic carbocycles. The number of nitrogens with one attached hydrogen (secondary N) is 1. The number of unbranched alkanes of at least 4 members (excludes halogenated alkanes) is 24. The molecule has 0 aliphatic heterocycles. The van der Waals surface area contributed by atoms with Crippen LogP contribution >= 0.6 is 0 Å². The molecule has 0 saturated carbocycles. The van der Waals surface area contributed by atoms with Crippen LogP contribution in [0.4, 0.5) is 0 Å². The van der Waals surface area contributed by atoms with E-state index in [4.69, 9.17) is 0 Å². The van der Waals surface area contributed by atoms with Crippen LogP contribution in [0.3, 0.4) is 0 Å². The first-order chi connectivity index (χ1) is 19.2. The first-order valence-corrected chi connectivity index (χ1v) is 17.4. The summed E-state index contributed by atoms with van der Waals surface area (Å²) in [7, 11) is 0. The van der Waals surface area contributed by atoms with Crippen LogP contribution in [0.1, 0.15) is 187 Å². The van der Waals surface area contributed by atoms with Gasteiger partial charge in [0.05, 0.1) is 18.8 Å². The third-order valence-corrected chi connectivity index (χ3v) is 8.02. The molecule has 0 aromatic carbocycles. The van der Waals surface area contributed by atoms with Crippen molar-refractivity contribution < 1.29 is 15.0 Å². The molecule has 0 aromatic rings. The van der Waals surface area contributed by atoms with E-state index in [1.807, 2.05) is 6.08 Å². The predicted molar refractivity (Wildman–Crippen MR) is 170 cm³/mol. The first-order valence-electron chi connectivity index (χ1n) is 17.4. The van der Waals surface area contributed by atoms with Crippen molar-refractivity contribution in [3.05, 3.63) is 12.2 Å². The fourth-order valence-corrected chi connectivity index (χ4v) is 5.29. The number of rotatable bonds is 31. The van der Waals surface area contributed by atoms with Gasteiger partial charge in [-0.1, -0.05) is 174 Å². The van der Waals surface area contributed by atoms with E-state index < -0.39 is 12.1 Å². The van der Waals surface area contributed by atoms with E-state index in [0.717, 1.165) is 25.7 Å². The fourth-order valence-electron chi connectivity index (χ4n) is 5.29. The topological polar surface area (TPSA) is 69.6 Å². The number of carbonyl (C=O) groups excluding carboxylic acids is 1. The molecule has 39 heavy (non-hydrogen) atoms. The maximum Gasteiger partial charge on any atom is 0.220 e. The molecule has 1 amide bonds. The summed E-state index contributed by atoms with van der Waals surface area (Å²) in [5, 5.41) is 22.8. The smallest absolute Gasteiger partial charge is 0.220 e. The fraction of sp³-hybridized carbons (Fsp3) is 0.914. The molecule has 0 radical (unpaired) electrons. The Kier molecular flexibility index (Phi) is 30.9. The Labute approximate surface area is 244 Å². The molecule has 0 unspecified atom stereocenters. The van der Waals surface area contributed by atoms with Crippen molar-refractivity contribution in [1.82, 2.24) is 5.32 Å². The van der Waals surface area contributed by atoms with Crippen molar-refractivity contribution in [3.63, 3.8) is 0 Å². The van der Waals surface area contributed by atoms with E-state index in [1.54, 1.807) is 6.08 Å². The van der Waals surface area contributed by atoms with Crippen molar-refractivity contribution in [2.45, 2.75) is 199 Å². The summed E-state index contributed by atoms with van der Waals surface area (Å²) in [6, 6.07) is -0.613. The molecule has 0 spiro atoms. The van der Waals surface area contributed by atoms with Crippen molar-refractivity contribution in [3.8, 4) is 0 Å². The highest BCUT2D eigenvalue weighted by Gasteiger charge is 2.17. The van der Waals surface area contributed by atoms with Crippen LogP contribution in [0.25, 0.3) is 0 Å². The van der Waals surface area contributed by atoms with Gasteiger partial charge in [0.2, 0.25) is 5.91 Å². The normalized spacial score (nSPS) is 13.2. The second-order valence-corrected chi connectivity index (χ2v) is 11.9. The number of aliphatic hydroxyl groups excluding tert-OH is 2. The highest BCUT2D eigenvalue weighted by molar-refractivity contribution is 5.76. The number of carbonyl (C=O) groups is 1. The van der Waals surface area contributed by atoms with E-state index in [-0.39, 0.29) is 12.5 Å². The standard InChI is InChI=1S/C35H69NO3/c1-3-5-7-9-11-13-15-17-18-19-21-23-25-27-29-31-35(39)36-33(32-37)34(38)30-28-26-24-22-20-16-14-12-10-8-6-4-2/h28,30,33-34,37-38H,3-27,29,31-32H2,1-2H3,(H,36,39)/b30-28+/t33-,34-/m0/s1. The van der Waals surface area contributed by atoms with Gasteiger partial charge in [0, 0.05) is 6.42 Å². The molecule has 0 heterocycles. The summed E-state index contributed by atoms with van der Waals surface area (Å²) < 4.78 is 0. The van der Waals surface area contributed by atoms with Crippen LogP contribution in [0.2, 0.25) is 0 Å². The minimum atomic E-state index is -0.830. The van der Waals surface area contributed by atoms with Gasteiger partial charge >= 0.3 is 0 Å². The summed E-state index contributed by atoms with van der Waals surface area (Å²) in [6.07, 6.45) is 37.1. The van der Waals surface area contributed by atoms with Crippen molar-refractivity contribution in [1.29, 1.82) is 0 Å². The molecular weight excluding hydrogens is 482 g/mol. The molecule has 4 nitrogen and oxygen atoms in total. The Bertz CT molecular complexity index is 522. The van der Waals surface area contributed by atoms with E-state index in [1.165, 1.54) is 141 Å². The third-order valence-electron chi connectivity index (χ3n) is 8.02. The zero-order valence-electron chi connectivity index (χ0n) is 26.4. The maximum atomic E-state index is 12.3. The van der Waals surface area contributed by atoms with Crippen LogP contribution in [-0.4, -0.2) is 34.9 Å². The molecule has 0 bridgehead atoms. The van der Waals surface area contributed by atoms with E-state index in [0.29, 0.717) is 6.42 Å². The number of allylic oxidation sites excluding steroid dienone is 1. The first kappa shape index (κ1) is 38.1. The lowest BCUT2D eigenvalue weighted by molar-refractivity contribution is -0.123. The van der Waals surface area contributed by atoms with Crippen LogP contribution < -0.4 is 5.32 Å². The largest absolute Gasteiger partial charge is 0.394 e. The zero-order chi connectivity index (χ0) is 28.7. The van der Waals surface area contributed by atoms with Gasteiger partial charge in [-0.05, 0) is 19.3 Å². The summed E-state index contributed by atoms with van der Waals surface area (Å²) >= 11 is 0. The Morgan fingerprint density at radius 1 is 0.590 bits per heavy atom. The average molecular weight is 552 g/mol. The van der Waals surface area contributed by atoms with Gasteiger partial charge in [0.15, 0.2) is 0 Å². The lowest BCUT2D eigenvalue weighted by Gasteiger charge is -2.20. The van der Waals surface area contributed by atoms with Crippen molar-refractivity contribution >= 4 is 5.91 Å². The summed E-state index contributed by atoms with van der Waals surface area (Å²) in [5.41, 5.74) is 0. The van der Waals surface area contributed by atoms with E-state index >= 15 is 0 Å². The Morgan fingerprint density at radius 2 is 0.949 bits per heavy atom. The van der Waals surface area contributed by atoms with Gasteiger partial charge in [-0.25, -0.2) is 0 Å². The predicted octanol–water partition coefficient (Wildman–Crippen LogP) is 9.95. The van der Waals surface area contributed by atoms with Gasteiger partial charge in [-0.3, -0.25) is 4.79 Å². The lowest BCUT2D eigenvalue weighted by Crippen LogP contribution is -2.45. The molecule has 232 valence electrons. The third kappa shape index (κ3) is 28.5. The molecule has 2 atom stereocenters.